The number of furan rings is 1. The molecule has 0 unspecified atom stereocenters. The van der Waals surface area contributed by atoms with Crippen molar-refractivity contribution in [1.82, 2.24) is 0 Å². The van der Waals surface area contributed by atoms with Gasteiger partial charge in [-0.1, -0.05) is 116 Å². The van der Waals surface area contributed by atoms with Crippen molar-refractivity contribution in [3.05, 3.63) is 139 Å². The number of hydrogen-bond donors (Lipinski definition) is 0. The SMILES string of the molecule is C=NC(=NC(=C)c1ccc(-c2cccc3c2oc2ccccc23)cc1)c1cccc(-c2ccccc2)c1. The summed E-state index contributed by atoms with van der Waals surface area (Å²) in [7, 11) is 0. The van der Waals surface area contributed by atoms with Crippen LogP contribution in [0.4, 0.5) is 0 Å². The fourth-order valence-corrected chi connectivity index (χ4v) is 4.67. The summed E-state index contributed by atoms with van der Waals surface area (Å²) in [5, 5.41) is 2.24. The van der Waals surface area contributed by atoms with Gasteiger partial charge in [-0.2, -0.15) is 0 Å². The number of fused-ring (bicyclic) bond motifs is 3. The van der Waals surface area contributed by atoms with Crippen LogP contribution in [0.25, 0.3) is 49.9 Å². The molecule has 0 bridgehead atoms. The van der Waals surface area contributed by atoms with Crippen LogP contribution < -0.4 is 0 Å². The van der Waals surface area contributed by atoms with E-state index >= 15 is 0 Å². The van der Waals surface area contributed by atoms with Gasteiger partial charge in [0.2, 0.25) is 0 Å². The number of benzene rings is 5. The first-order chi connectivity index (χ1) is 18.2. The molecule has 0 saturated heterocycles. The Morgan fingerprint density at radius 3 is 2.11 bits per heavy atom. The average Bonchev–Trinajstić information content (AvgIpc) is 3.35. The van der Waals surface area contributed by atoms with E-state index < -0.39 is 0 Å². The number of rotatable bonds is 5. The molecule has 0 saturated carbocycles. The summed E-state index contributed by atoms with van der Waals surface area (Å²) < 4.78 is 6.21. The molecule has 6 aromatic rings. The van der Waals surface area contributed by atoms with Crippen LogP contribution in [0, 0.1) is 0 Å². The summed E-state index contributed by atoms with van der Waals surface area (Å²) in [5.74, 6) is 0.541. The van der Waals surface area contributed by atoms with Crippen LogP contribution in [0.15, 0.2) is 142 Å². The zero-order valence-electron chi connectivity index (χ0n) is 20.3. The molecule has 0 aliphatic heterocycles. The van der Waals surface area contributed by atoms with Crippen LogP contribution in [-0.4, -0.2) is 12.6 Å². The van der Waals surface area contributed by atoms with E-state index in [0.717, 1.165) is 55.3 Å². The molecule has 0 amide bonds. The third-order valence-electron chi connectivity index (χ3n) is 6.55. The smallest absolute Gasteiger partial charge is 0.159 e. The average molecular weight is 477 g/mol. The molecule has 0 aliphatic carbocycles. The lowest BCUT2D eigenvalue weighted by molar-refractivity contribution is 0.670. The molecule has 176 valence electrons. The minimum Gasteiger partial charge on any atom is -0.455 e. The molecule has 0 radical (unpaired) electrons. The molecule has 6 rings (SSSR count). The third kappa shape index (κ3) is 4.28. The summed E-state index contributed by atoms with van der Waals surface area (Å²) in [5.41, 5.74) is 8.59. The Balaban J connectivity index is 1.30. The number of aliphatic imine (C=N–C) groups is 2. The largest absolute Gasteiger partial charge is 0.455 e. The minimum atomic E-state index is 0.541. The van der Waals surface area contributed by atoms with Gasteiger partial charge in [0.15, 0.2) is 5.84 Å². The Kier molecular flexibility index (Phi) is 5.80. The summed E-state index contributed by atoms with van der Waals surface area (Å²) in [6.07, 6.45) is 0. The molecular formula is C34H24N2O. The Labute approximate surface area is 215 Å². The monoisotopic (exact) mass is 476 g/mol. The zero-order valence-corrected chi connectivity index (χ0v) is 20.3. The van der Waals surface area contributed by atoms with Gasteiger partial charge in [0.05, 0.1) is 5.70 Å². The summed E-state index contributed by atoms with van der Waals surface area (Å²) in [4.78, 5) is 8.93. The fraction of sp³-hybridized carbons (Fsp3) is 0. The zero-order chi connectivity index (χ0) is 25.2. The fourth-order valence-electron chi connectivity index (χ4n) is 4.67. The first-order valence-corrected chi connectivity index (χ1v) is 12.1. The number of hydrogen-bond acceptors (Lipinski definition) is 2. The van der Waals surface area contributed by atoms with Crippen LogP contribution in [0.3, 0.4) is 0 Å². The van der Waals surface area contributed by atoms with E-state index in [4.69, 9.17) is 9.41 Å². The number of para-hydroxylation sites is 2. The van der Waals surface area contributed by atoms with E-state index in [0.29, 0.717) is 11.5 Å². The Morgan fingerprint density at radius 2 is 1.30 bits per heavy atom. The van der Waals surface area contributed by atoms with E-state index in [1.54, 1.807) is 0 Å². The van der Waals surface area contributed by atoms with Crippen molar-refractivity contribution in [3.8, 4) is 22.3 Å². The predicted octanol–water partition coefficient (Wildman–Crippen LogP) is 9.04. The molecule has 0 N–H and O–H groups in total. The maximum absolute atomic E-state index is 6.21. The highest BCUT2D eigenvalue weighted by Gasteiger charge is 2.12. The van der Waals surface area contributed by atoms with Crippen LogP contribution in [0.2, 0.25) is 0 Å². The van der Waals surface area contributed by atoms with E-state index in [-0.39, 0.29) is 0 Å². The highest BCUT2D eigenvalue weighted by atomic mass is 16.3. The second-order valence-corrected chi connectivity index (χ2v) is 8.84. The van der Waals surface area contributed by atoms with Crippen molar-refractivity contribution in [3.63, 3.8) is 0 Å². The number of nitrogens with zero attached hydrogens (tertiary/aromatic N) is 2. The molecule has 0 atom stereocenters. The van der Waals surface area contributed by atoms with Gasteiger partial charge in [-0.05, 0) is 41.1 Å². The van der Waals surface area contributed by atoms with Gasteiger partial charge >= 0.3 is 0 Å². The van der Waals surface area contributed by atoms with Gasteiger partial charge in [-0.3, -0.25) is 0 Å². The maximum atomic E-state index is 6.21. The lowest BCUT2D eigenvalue weighted by Gasteiger charge is -2.08. The van der Waals surface area contributed by atoms with Gasteiger partial charge < -0.3 is 4.42 Å². The van der Waals surface area contributed by atoms with Gasteiger partial charge in [-0.15, -0.1) is 0 Å². The third-order valence-corrected chi connectivity index (χ3v) is 6.55. The molecule has 3 nitrogen and oxygen atoms in total. The van der Waals surface area contributed by atoms with Crippen LogP contribution in [0.1, 0.15) is 11.1 Å². The Morgan fingerprint density at radius 1 is 0.595 bits per heavy atom. The van der Waals surface area contributed by atoms with Crippen LogP contribution in [-0.2, 0) is 0 Å². The molecule has 3 heteroatoms. The normalized spacial score (nSPS) is 11.6. The molecule has 0 fully saturated rings. The van der Waals surface area contributed by atoms with Crippen molar-refractivity contribution < 1.29 is 4.42 Å². The second-order valence-electron chi connectivity index (χ2n) is 8.84. The van der Waals surface area contributed by atoms with Crippen molar-refractivity contribution in [2.45, 2.75) is 0 Å². The number of amidine groups is 1. The highest BCUT2D eigenvalue weighted by Crippen LogP contribution is 2.36. The van der Waals surface area contributed by atoms with Crippen molar-refractivity contribution in [2.75, 3.05) is 0 Å². The maximum Gasteiger partial charge on any atom is 0.159 e. The highest BCUT2D eigenvalue weighted by molar-refractivity contribution is 6.09. The molecule has 1 heterocycles. The summed E-state index contributed by atoms with van der Waals surface area (Å²) in [6.45, 7) is 7.96. The van der Waals surface area contributed by atoms with Crippen LogP contribution in [0.5, 0.6) is 0 Å². The Bertz CT molecular complexity index is 1790. The second kappa shape index (κ2) is 9.56. The molecule has 5 aromatic carbocycles. The van der Waals surface area contributed by atoms with Crippen molar-refractivity contribution in [2.24, 2.45) is 9.98 Å². The van der Waals surface area contributed by atoms with Gasteiger partial charge in [0.25, 0.3) is 0 Å². The van der Waals surface area contributed by atoms with Gasteiger partial charge in [0.1, 0.15) is 11.2 Å². The molecule has 1 aromatic heterocycles. The summed E-state index contributed by atoms with van der Waals surface area (Å²) in [6, 6.07) is 41.0. The Hall–Kier alpha value is -5.02. The van der Waals surface area contributed by atoms with Crippen LogP contribution >= 0.6 is 0 Å². The van der Waals surface area contributed by atoms with E-state index in [9.17, 15) is 0 Å². The van der Waals surface area contributed by atoms with E-state index in [1.165, 1.54) is 0 Å². The topological polar surface area (TPSA) is 37.9 Å². The van der Waals surface area contributed by atoms with E-state index in [2.05, 4.69) is 79.0 Å². The standard InChI is InChI=1S/C34H24N2O/c1-23(36-34(35-2)28-13-8-12-27(22-28)25-10-4-3-5-11-25)24-18-20-26(21-19-24)29-15-9-16-31-30-14-6-7-17-32(30)37-33(29)31/h3-22H,1-2H2. The van der Waals surface area contributed by atoms with E-state index in [1.807, 2.05) is 60.7 Å². The molecular weight excluding hydrogens is 452 g/mol. The van der Waals surface area contributed by atoms with Gasteiger partial charge in [-0.25, -0.2) is 9.98 Å². The van der Waals surface area contributed by atoms with Crippen molar-refractivity contribution in [1.29, 1.82) is 0 Å². The molecule has 37 heavy (non-hydrogen) atoms. The first-order valence-electron chi connectivity index (χ1n) is 12.1. The predicted molar refractivity (Wildman–Crippen MR) is 156 cm³/mol. The lowest BCUT2D eigenvalue weighted by Crippen LogP contribution is -1.98. The van der Waals surface area contributed by atoms with Gasteiger partial charge in [0, 0.05) is 21.9 Å². The quantitative estimate of drug-likeness (QED) is 0.181. The molecule has 0 aliphatic rings. The minimum absolute atomic E-state index is 0.541. The molecule has 0 spiro atoms. The summed E-state index contributed by atoms with van der Waals surface area (Å²) >= 11 is 0. The van der Waals surface area contributed by atoms with Crippen molar-refractivity contribution >= 4 is 40.2 Å². The lowest BCUT2D eigenvalue weighted by atomic mass is 10.0. The first kappa shape index (κ1) is 22.4.